The quantitative estimate of drug-likeness (QED) is 0.860. The van der Waals surface area contributed by atoms with E-state index in [1.54, 1.807) is 12.1 Å². The standard InChI is InChI=1S/C17H18FN3/c18-17-12(8-19)5-3-6-14(17)10-21-9-13-4-1-2-7-16(20)15(13)11-21/h3,5-6,9,11,16H,1-2,4,7,10,20H2. The van der Waals surface area contributed by atoms with Crippen LogP contribution in [0.3, 0.4) is 0 Å². The van der Waals surface area contributed by atoms with Crippen LogP contribution in [0.1, 0.15) is 47.6 Å². The molecule has 1 atom stereocenters. The summed E-state index contributed by atoms with van der Waals surface area (Å²) in [5.41, 5.74) is 9.29. The lowest BCUT2D eigenvalue weighted by molar-refractivity contribution is 0.591. The number of nitrogens with zero attached hydrogens (tertiary/aromatic N) is 2. The van der Waals surface area contributed by atoms with Crippen LogP contribution in [0.2, 0.25) is 0 Å². The SMILES string of the molecule is N#Cc1cccc(Cn2cc3c(c2)C(N)CCCC3)c1F. The molecular weight excluding hydrogens is 265 g/mol. The predicted octanol–water partition coefficient (Wildman–Crippen LogP) is 3.27. The Morgan fingerprint density at radius 3 is 3.00 bits per heavy atom. The number of aryl methyl sites for hydroxylation is 1. The Labute approximate surface area is 123 Å². The number of benzene rings is 1. The van der Waals surface area contributed by atoms with Crippen LogP contribution in [-0.4, -0.2) is 4.57 Å². The third kappa shape index (κ3) is 2.70. The van der Waals surface area contributed by atoms with Crippen LogP contribution in [0.4, 0.5) is 4.39 Å². The van der Waals surface area contributed by atoms with Gasteiger partial charge in [0.15, 0.2) is 0 Å². The van der Waals surface area contributed by atoms with Gasteiger partial charge in [-0.3, -0.25) is 0 Å². The van der Waals surface area contributed by atoms with Crippen LogP contribution >= 0.6 is 0 Å². The molecule has 0 amide bonds. The Morgan fingerprint density at radius 2 is 2.19 bits per heavy atom. The van der Waals surface area contributed by atoms with Crippen molar-refractivity contribution in [2.75, 3.05) is 0 Å². The van der Waals surface area contributed by atoms with E-state index in [4.69, 9.17) is 11.0 Å². The van der Waals surface area contributed by atoms with Gasteiger partial charge >= 0.3 is 0 Å². The van der Waals surface area contributed by atoms with Crippen molar-refractivity contribution >= 4 is 0 Å². The van der Waals surface area contributed by atoms with Crippen molar-refractivity contribution in [2.45, 2.75) is 38.3 Å². The fraction of sp³-hybridized carbons (Fsp3) is 0.353. The normalized spacial score (nSPS) is 17.9. The van der Waals surface area contributed by atoms with E-state index in [0.29, 0.717) is 12.1 Å². The van der Waals surface area contributed by atoms with E-state index in [9.17, 15) is 4.39 Å². The second kappa shape index (κ2) is 5.71. The molecule has 1 aliphatic carbocycles. The maximum atomic E-state index is 14.1. The average molecular weight is 283 g/mol. The summed E-state index contributed by atoms with van der Waals surface area (Å²) in [6, 6.07) is 6.91. The Bertz CT molecular complexity index is 697. The number of fused-ring (bicyclic) bond motifs is 1. The van der Waals surface area contributed by atoms with Crippen molar-refractivity contribution in [3.05, 3.63) is 58.7 Å². The van der Waals surface area contributed by atoms with Crippen molar-refractivity contribution in [3.8, 4) is 6.07 Å². The summed E-state index contributed by atoms with van der Waals surface area (Å²) < 4.78 is 16.1. The van der Waals surface area contributed by atoms with Crippen molar-refractivity contribution in [2.24, 2.45) is 5.73 Å². The van der Waals surface area contributed by atoms with E-state index in [2.05, 4.69) is 6.20 Å². The smallest absolute Gasteiger partial charge is 0.145 e. The van der Waals surface area contributed by atoms with Gasteiger partial charge in [-0.1, -0.05) is 18.6 Å². The lowest BCUT2D eigenvalue weighted by Gasteiger charge is -2.08. The molecule has 1 aromatic heterocycles. The van der Waals surface area contributed by atoms with Crippen molar-refractivity contribution < 1.29 is 4.39 Å². The highest BCUT2D eigenvalue weighted by atomic mass is 19.1. The number of aromatic nitrogens is 1. The summed E-state index contributed by atoms with van der Waals surface area (Å²) >= 11 is 0. The number of rotatable bonds is 2. The maximum absolute atomic E-state index is 14.1. The largest absolute Gasteiger partial charge is 0.349 e. The molecule has 1 aromatic carbocycles. The molecule has 0 radical (unpaired) electrons. The highest BCUT2D eigenvalue weighted by Gasteiger charge is 2.18. The summed E-state index contributed by atoms with van der Waals surface area (Å²) in [5.74, 6) is -0.423. The lowest BCUT2D eigenvalue weighted by atomic mass is 10.1. The lowest BCUT2D eigenvalue weighted by Crippen LogP contribution is -2.09. The maximum Gasteiger partial charge on any atom is 0.145 e. The zero-order chi connectivity index (χ0) is 14.8. The third-order valence-electron chi connectivity index (χ3n) is 4.16. The minimum absolute atomic E-state index is 0.0824. The van der Waals surface area contributed by atoms with Gasteiger partial charge in [0, 0.05) is 30.5 Å². The second-order valence-corrected chi connectivity index (χ2v) is 5.65. The van der Waals surface area contributed by atoms with Crippen LogP contribution in [-0.2, 0) is 13.0 Å². The predicted molar refractivity (Wildman–Crippen MR) is 79.1 cm³/mol. The van der Waals surface area contributed by atoms with Crippen LogP contribution in [0.5, 0.6) is 0 Å². The highest BCUT2D eigenvalue weighted by Crippen LogP contribution is 2.28. The molecule has 3 nitrogen and oxygen atoms in total. The van der Waals surface area contributed by atoms with Crippen LogP contribution < -0.4 is 5.73 Å². The summed E-state index contributed by atoms with van der Waals surface area (Å²) in [5, 5.41) is 8.89. The topological polar surface area (TPSA) is 54.7 Å². The molecule has 1 heterocycles. The molecule has 0 bridgehead atoms. The van der Waals surface area contributed by atoms with Gasteiger partial charge in [-0.2, -0.15) is 5.26 Å². The van der Waals surface area contributed by atoms with Crippen molar-refractivity contribution in [3.63, 3.8) is 0 Å². The average Bonchev–Trinajstić information content (AvgIpc) is 2.81. The van der Waals surface area contributed by atoms with Gasteiger partial charge in [-0.15, -0.1) is 0 Å². The number of halogens is 1. The number of hydrogen-bond acceptors (Lipinski definition) is 2. The minimum atomic E-state index is -0.423. The second-order valence-electron chi connectivity index (χ2n) is 5.65. The molecule has 2 aromatic rings. The Hall–Kier alpha value is -2.12. The minimum Gasteiger partial charge on any atom is -0.349 e. The summed E-state index contributed by atoms with van der Waals surface area (Å²) in [4.78, 5) is 0. The van der Waals surface area contributed by atoms with Gasteiger partial charge in [0.25, 0.3) is 0 Å². The molecular formula is C17H18FN3. The monoisotopic (exact) mass is 283 g/mol. The summed E-state index contributed by atoms with van der Waals surface area (Å²) in [7, 11) is 0. The fourth-order valence-electron chi connectivity index (χ4n) is 3.03. The molecule has 0 aliphatic heterocycles. The van der Waals surface area contributed by atoms with Crippen molar-refractivity contribution in [1.29, 1.82) is 5.26 Å². The zero-order valence-corrected chi connectivity index (χ0v) is 11.8. The van der Waals surface area contributed by atoms with E-state index < -0.39 is 5.82 Å². The molecule has 4 heteroatoms. The number of hydrogen-bond donors (Lipinski definition) is 1. The first kappa shape index (κ1) is 13.8. The van der Waals surface area contributed by atoms with Crippen LogP contribution in [0.15, 0.2) is 30.6 Å². The molecule has 108 valence electrons. The van der Waals surface area contributed by atoms with Crippen molar-refractivity contribution in [1.82, 2.24) is 4.57 Å². The zero-order valence-electron chi connectivity index (χ0n) is 11.8. The molecule has 3 rings (SSSR count). The van der Waals surface area contributed by atoms with Crippen LogP contribution in [0.25, 0.3) is 0 Å². The first-order chi connectivity index (χ1) is 10.2. The van der Waals surface area contributed by atoms with E-state index >= 15 is 0 Å². The van der Waals surface area contributed by atoms with Crippen LogP contribution in [0, 0.1) is 17.1 Å². The fourth-order valence-corrected chi connectivity index (χ4v) is 3.03. The van der Waals surface area contributed by atoms with Gasteiger partial charge in [0.1, 0.15) is 11.9 Å². The van der Waals surface area contributed by atoms with Gasteiger partial charge < -0.3 is 10.3 Å². The van der Waals surface area contributed by atoms with Gasteiger partial charge in [-0.05, 0) is 36.5 Å². The first-order valence-electron chi connectivity index (χ1n) is 7.30. The summed E-state index contributed by atoms with van der Waals surface area (Å²) in [6.07, 6.45) is 8.46. The van der Waals surface area contributed by atoms with Gasteiger partial charge in [0.05, 0.1) is 5.56 Å². The third-order valence-corrected chi connectivity index (χ3v) is 4.16. The first-order valence-corrected chi connectivity index (χ1v) is 7.30. The molecule has 0 spiro atoms. The number of nitriles is 1. The number of nitrogens with two attached hydrogens (primary N) is 1. The molecule has 21 heavy (non-hydrogen) atoms. The molecule has 0 saturated carbocycles. The van der Waals surface area contributed by atoms with E-state index in [0.717, 1.165) is 25.7 Å². The molecule has 1 aliphatic rings. The Morgan fingerprint density at radius 1 is 1.33 bits per heavy atom. The van der Waals surface area contributed by atoms with E-state index in [1.165, 1.54) is 17.2 Å². The Balaban J connectivity index is 1.90. The highest BCUT2D eigenvalue weighted by molar-refractivity contribution is 5.36. The van der Waals surface area contributed by atoms with Gasteiger partial charge in [-0.25, -0.2) is 4.39 Å². The molecule has 0 saturated heterocycles. The molecule has 1 unspecified atom stereocenters. The summed E-state index contributed by atoms with van der Waals surface area (Å²) in [6.45, 7) is 0.432. The van der Waals surface area contributed by atoms with E-state index in [1.807, 2.05) is 16.8 Å². The van der Waals surface area contributed by atoms with E-state index in [-0.39, 0.29) is 11.6 Å². The Kier molecular flexibility index (Phi) is 3.76. The van der Waals surface area contributed by atoms with Gasteiger partial charge in [0.2, 0.25) is 0 Å². The molecule has 0 fully saturated rings. The molecule has 2 N–H and O–H groups in total.